The summed E-state index contributed by atoms with van der Waals surface area (Å²) in [6.45, 7) is 10.4. The second-order valence-corrected chi connectivity index (χ2v) is 4.60. The van der Waals surface area contributed by atoms with Crippen molar-refractivity contribution in [1.29, 1.82) is 0 Å². The second kappa shape index (κ2) is 2.54. The summed E-state index contributed by atoms with van der Waals surface area (Å²) in [5.41, 5.74) is 0.537. The molecule has 1 aliphatic heterocycles. The molecule has 0 radical (unpaired) electrons. The SMILES string of the molecule is CC(C)C1CC(C)(C)CN1. The van der Waals surface area contributed by atoms with Crippen molar-refractivity contribution in [3.63, 3.8) is 0 Å². The van der Waals surface area contributed by atoms with Gasteiger partial charge in [-0.25, -0.2) is 0 Å². The summed E-state index contributed by atoms with van der Waals surface area (Å²) in [4.78, 5) is 0. The average molecular weight is 141 g/mol. The molecule has 0 aromatic rings. The Morgan fingerprint density at radius 1 is 1.40 bits per heavy atom. The van der Waals surface area contributed by atoms with E-state index in [9.17, 15) is 0 Å². The highest BCUT2D eigenvalue weighted by atomic mass is 15.0. The lowest BCUT2D eigenvalue weighted by Crippen LogP contribution is -2.26. The van der Waals surface area contributed by atoms with Crippen LogP contribution in [0.15, 0.2) is 0 Å². The first kappa shape index (κ1) is 8.06. The third-order valence-electron chi connectivity index (χ3n) is 2.42. The van der Waals surface area contributed by atoms with Gasteiger partial charge in [0, 0.05) is 12.6 Å². The first-order valence-electron chi connectivity index (χ1n) is 4.25. The predicted molar refractivity (Wildman–Crippen MR) is 45.0 cm³/mol. The van der Waals surface area contributed by atoms with Crippen LogP contribution in [-0.4, -0.2) is 12.6 Å². The fourth-order valence-corrected chi connectivity index (χ4v) is 1.62. The quantitative estimate of drug-likeness (QED) is 0.589. The molecule has 60 valence electrons. The van der Waals surface area contributed by atoms with E-state index in [4.69, 9.17) is 0 Å². The van der Waals surface area contributed by atoms with Gasteiger partial charge in [-0.3, -0.25) is 0 Å². The molecule has 0 aliphatic carbocycles. The molecule has 1 atom stereocenters. The minimum Gasteiger partial charge on any atom is -0.313 e. The largest absolute Gasteiger partial charge is 0.313 e. The van der Waals surface area contributed by atoms with Crippen LogP contribution in [0.1, 0.15) is 34.1 Å². The van der Waals surface area contributed by atoms with Gasteiger partial charge in [-0.15, -0.1) is 0 Å². The fourth-order valence-electron chi connectivity index (χ4n) is 1.62. The molecule has 0 saturated carbocycles. The highest BCUT2D eigenvalue weighted by Crippen LogP contribution is 2.29. The van der Waals surface area contributed by atoms with Crippen molar-refractivity contribution in [2.45, 2.75) is 40.2 Å². The molecule has 1 fully saturated rings. The predicted octanol–water partition coefficient (Wildman–Crippen LogP) is 2.03. The van der Waals surface area contributed by atoms with Crippen molar-refractivity contribution in [2.75, 3.05) is 6.54 Å². The molecule has 0 bridgehead atoms. The van der Waals surface area contributed by atoms with Crippen molar-refractivity contribution in [1.82, 2.24) is 5.32 Å². The summed E-state index contributed by atoms with van der Waals surface area (Å²) in [6.07, 6.45) is 1.34. The van der Waals surface area contributed by atoms with Crippen LogP contribution in [0.5, 0.6) is 0 Å². The van der Waals surface area contributed by atoms with Gasteiger partial charge in [-0.2, -0.15) is 0 Å². The summed E-state index contributed by atoms with van der Waals surface area (Å²) in [6, 6.07) is 0.759. The van der Waals surface area contributed by atoms with E-state index in [1.807, 2.05) is 0 Å². The molecular formula is C9H19N. The monoisotopic (exact) mass is 141 g/mol. The summed E-state index contributed by atoms with van der Waals surface area (Å²) in [7, 11) is 0. The molecular weight excluding hydrogens is 122 g/mol. The van der Waals surface area contributed by atoms with E-state index in [1.54, 1.807) is 0 Å². The zero-order valence-corrected chi connectivity index (χ0v) is 7.57. The normalized spacial score (nSPS) is 31.5. The third-order valence-corrected chi connectivity index (χ3v) is 2.42. The van der Waals surface area contributed by atoms with Crippen LogP contribution in [0, 0.1) is 11.3 Å². The second-order valence-electron chi connectivity index (χ2n) is 4.60. The maximum Gasteiger partial charge on any atom is 0.00958 e. The minimum absolute atomic E-state index is 0.537. The van der Waals surface area contributed by atoms with Crippen molar-refractivity contribution in [3.05, 3.63) is 0 Å². The first-order valence-corrected chi connectivity index (χ1v) is 4.25. The van der Waals surface area contributed by atoms with E-state index < -0.39 is 0 Å². The minimum atomic E-state index is 0.537. The van der Waals surface area contributed by atoms with Gasteiger partial charge < -0.3 is 5.32 Å². The van der Waals surface area contributed by atoms with Gasteiger partial charge >= 0.3 is 0 Å². The van der Waals surface area contributed by atoms with Crippen LogP contribution in [0.4, 0.5) is 0 Å². The summed E-state index contributed by atoms with van der Waals surface area (Å²) < 4.78 is 0. The van der Waals surface area contributed by atoms with Crippen molar-refractivity contribution < 1.29 is 0 Å². The standard InChI is InChI=1S/C9H19N/c1-7(2)8-5-9(3,4)6-10-8/h7-8,10H,5-6H2,1-4H3. The Kier molecular flexibility index (Phi) is 2.04. The molecule has 0 aromatic carbocycles. The Labute approximate surface area is 64.2 Å². The number of nitrogens with one attached hydrogen (secondary N) is 1. The van der Waals surface area contributed by atoms with Gasteiger partial charge in [0.2, 0.25) is 0 Å². The van der Waals surface area contributed by atoms with Crippen LogP contribution in [0.2, 0.25) is 0 Å². The van der Waals surface area contributed by atoms with Crippen molar-refractivity contribution >= 4 is 0 Å². The smallest absolute Gasteiger partial charge is 0.00958 e. The first-order chi connectivity index (χ1) is 4.51. The van der Waals surface area contributed by atoms with Crippen LogP contribution in [0.25, 0.3) is 0 Å². The summed E-state index contributed by atoms with van der Waals surface area (Å²) in [5, 5.41) is 3.55. The molecule has 0 amide bonds. The summed E-state index contributed by atoms with van der Waals surface area (Å²) in [5.74, 6) is 0.793. The molecule has 0 spiro atoms. The highest BCUT2D eigenvalue weighted by Gasteiger charge is 2.31. The lowest BCUT2D eigenvalue weighted by Gasteiger charge is -2.17. The van der Waals surface area contributed by atoms with E-state index in [-0.39, 0.29) is 0 Å². The molecule has 1 heteroatoms. The van der Waals surface area contributed by atoms with E-state index in [0.717, 1.165) is 12.0 Å². The molecule has 1 heterocycles. The Morgan fingerprint density at radius 3 is 2.20 bits per heavy atom. The zero-order chi connectivity index (χ0) is 7.78. The highest BCUT2D eigenvalue weighted by molar-refractivity contribution is 4.88. The summed E-state index contributed by atoms with van der Waals surface area (Å²) >= 11 is 0. The topological polar surface area (TPSA) is 12.0 Å². The number of hydrogen-bond acceptors (Lipinski definition) is 1. The van der Waals surface area contributed by atoms with Gasteiger partial charge in [0.1, 0.15) is 0 Å². The zero-order valence-electron chi connectivity index (χ0n) is 7.57. The molecule has 1 unspecified atom stereocenters. The lowest BCUT2D eigenvalue weighted by molar-refractivity contribution is 0.375. The fraction of sp³-hybridized carbons (Fsp3) is 1.00. The van der Waals surface area contributed by atoms with Gasteiger partial charge in [0.15, 0.2) is 0 Å². The average Bonchev–Trinajstić information content (AvgIpc) is 2.10. The van der Waals surface area contributed by atoms with E-state index in [0.29, 0.717) is 5.41 Å². The Balaban J connectivity index is 2.43. The van der Waals surface area contributed by atoms with Crippen LogP contribution in [-0.2, 0) is 0 Å². The Morgan fingerprint density at radius 2 is 2.00 bits per heavy atom. The molecule has 1 aliphatic rings. The van der Waals surface area contributed by atoms with E-state index in [2.05, 4.69) is 33.0 Å². The van der Waals surface area contributed by atoms with Crippen LogP contribution in [0.3, 0.4) is 0 Å². The van der Waals surface area contributed by atoms with E-state index >= 15 is 0 Å². The maximum absolute atomic E-state index is 3.55. The molecule has 1 saturated heterocycles. The number of hydrogen-bond donors (Lipinski definition) is 1. The van der Waals surface area contributed by atoms with Gasteiger partial charge in [-0.1, -0.05) is 27.7 Å². The number of rotatable bonds is 1. The molecule has 1 rings (SSSR count). The van der Waals surface area contributed by atoms with Crippen molar-refractivity contribution in [3.8, 4) is 0 Å². The van der Waals surface area contributed by atoms with Gasteiger partial charge in [0.25, 0.3) is 0 Å². The molecule has 1 N–H and O–H groups in total. The van der Waals surface area contributed by atoms with Crippen molar-refractivity contribution in [2.24, 2.45) is 11.3 Å². The molecule has 0 aromatic heterocycles. The molecule has 1 nitrogen and oxygen atoms in total. The van der Waals surface area contributed by atoms with Crippen LogP contribution >= 0.6 is 0 Å². The van der Waals surface area contributed by atoms with E-state index in [1.165, 1.54) is 13.0 Å². The van der Waals surface area contributed by atoms with Gasteiger partial charge in [-0.05, 0) is 17.8 Å². The Bertz CT molecular complexity index is 116. The Hall–Kier alpha value is -0.0400. The lowest BCUT2D eigenvalue weighted by atomic mass is 9.88. The van der Waals surface area contributed by atoms with Gasteiger partial charge in [0.05, 0.1) is 0 Å². The van der Waals surface area contributed by atoms with Crippen LogP contribution < -0.4 is 5.32 Å². The maximum atomic E-state index is 3.55. The third kappa shape index (κ3) is 1.72. The molecule has 10 heavy (non-hydrogen) atoms.